The minimum absolute atomic E-state index is 0.875. The first-order chi connectivity index (χ1) is 4.67. The van der Waals surface area contributed by atoms with E-state index in [1.807, 2.05) is 0 Å². The predicted octanol–water partition coefficient (Wildman–Crippen LogP) is -0.323. The largest absolute Gasteiger partial charge is 0.348 e. The summed E-state index contributed by atoms with van der Waals surface area (Å²) in [5, 5.41) is 0. The first kappa shape index (κ1) is 6.94. The summed E-state index contributed by atoms with van der Waals surface area (Å²) >= 11 is 0. The van der Waals surface area contributed by atoms with Crippen LogP contribution in [0.15, 0.2) is 23.1 Å². The minimum atomic E-state index is -3.59. The van der Waals surface area contributed by atoms with Crippen LogP contribution in [0, 0.1) is 0 Å². The molecule has 0 saturated heterocycles. The molecule has 0 aliphatic carbocycles. The molecule has 0 aliphatic rings. The lowest BCUT2D eigenvalue weighted by atomic mass is 11.0. The van der Waals surface area contributed by atoms with Gasteiger partial charge in [-0.25, -0.2) is 8.96 Å². The Morgan fingerprint density at radius 3 is 2.70 bits per heavy atom. The molecule has 1 aromatic heterocycles. The fourth-order valence-corrected chi connectivity index (χ4v) is 0.965. The molecule has 6 heteroatoms. The fraction of sp³-hybridized carbons (Fsp3) is 0. The summed E-state index contributed by atoms with van der Waals surface area (Å²) < 4.78 is 25.3. The van der Waals surface area contributed by atoms with E-state index in [0.29, 0.717) is 0 Å². The Hall–Kier alpha value is -1.17. The van der Waals surface area contributed by atoms with Crippen molar-refractivity contribution in [2.24, 2.45) is 4.40 Å². The molecule has 0 atom stereocenters. The molecule has 0 radical (unpaired) electrons. The van der Waals surface area contributed by atoms with Crippen molar-refractivity contribution in [1.29, 1.82) is 0 Å². The molecule has 0 amide bonds. The number of hydrogen-bond acceptors (Lipinski definition) is 3. The van der Waals surface area contributed by atoms with E-state index in [1.54, 1.807) is 0 Å². The molecule has 5 nitrogen and oxygen atoms in total. The molecule has 10 heavy (non-hydrogen) atoms. The van der Waals surface area contributed by atoms with Gasteiger partial charge in [0.1, 0.15) is 6.33 Å². The standard InChI is InChI=1S/C4H5N3O2S/c1-5-10(8,9)7-3-2-6-4-7/h2-4H,1H2. The van der Waals surface area contributed by atoms with Gasteiger partial charge in [-0.05, 0) is 0 Å². The Kier molecular flexibility index (Phi) is 1.54. The summed E-state index contributed by atoms with van der Waals surface area (Å²) in [4.78, 5) is 3.53. The zero-order chi connectivity index (χ0) is 7.61. The minimum Gasteiger partial charge on any atom is -0.244 e. The van der Waals surface area contributed by atoms with Gasteiger partial charge in [-0.15, -0.1) is 0 Å². The van der Waals surface area contributed by atoms with Crippen LogP contribution in [0.4, 0.5) is 0 Å². The molecule has 0 unspecified atom stereocenters. The Balaban J connectivity index is 3.22. The van der Waals surface area contributed by atoms with Crippen LogP contribution in [0.5, 0.6) is 0 Å². The highest BCUT2D eigenvalue weighted by Crippen LogP contribution is 1.95. The summed E-state index contributed by atoms with van der Waals surface area (Å²) in [7, 11) is -3.59. The summed E-state index contributed by atoms with van der Waals surface area (Å²) in [5.41, 5.74) is 0. The Bertz CT molecular complexity index is 312. The fourth-order valence-electron chi connectivity index (χ4n) is 0.450. The molecule has 0 aliphatic heterocycles. The quantitative estimate of drug-likeness (QED) is 0.555. The Morgan fingerprint density at radius 1 is 1.60 bits per heavy atom. The third kappa shape index (κ3) is 1.06. The van der Waals surface area contributed by atoms with Crippen molar-refractivity contribution >= 4 is 16.9 Å². The van der Waals surface area contributed by atoms with Crippen molar-refractivity contribution in [2.75, 3.05) is 0 Å². The molecule has 54 valence electrons. The van der Waals surface area contributed by atoms with Crippen LogP contribution >= 0.6 is 0 Å². The van der Waals surface area contributed by atoms with Crippen molar-refractivity contribution in [3.05, 3.63) is 18.7 Å². The molecule has 0 spiro atoms. The molecule has 0 fully saturated rings. The van der Waals surface area contributed by atoms with Gasteiger partial charge in [0.2, 0.25) is 0 Å². The predicted molar refractivity (Wildman–Crippen MR) is 36.1 cm³/mol. The van der Waals surface area contributed by atoms with Crippen molar-refractivity contribution in [3.8, 4) is 0 Å². The van der Waals surface area contributed by atoms with Gasteiger partial charge < -0.3 is 0 Å². The van der Waals surface area contributed by atoms with Crippen LogP contribution in [0.2, 0.25) is 0 Å². The van der Waals surface area contributed by atoms with Gasteiger partial charge >= 0.3 is 10.2 Å². The molecule has 1 aromatic rings. The molecular weight excluding hydrogens is 154 g/mol. The van der Waals surface area contributed by atoms with E-state index in [0.717, 1.165) is 10.3 Å². The number of aromatic nitrogens is 2. The average Bonchev–Trinajstić information content (AvgIpc) is 2.38. The summed E-state index contributed by atoms with van der Waals surface area (Å²) in [6, 6.07) is 0. The van der Waals surface area contributed by atoms with E-state index in [-0.39, 0.29) is 0 Å². The van der Waals surface area contributed by atoms with E-state index < -0.39 is 10.2 Å². The maximum atomic E-state index is 10.8. The number of rotatable bonds is 2. The smallest absolute Gasteiger partial charge is 0.244 e. The first-order valence-electron chi connectivity index (χ1n) is 2.38. The number of nitrogens with zero attached hydrogens (tertiary/aromatic N) is 3. The lowest BCUT2D eigenvalue weighted by Crippen LogP contribution is -2.05. The van der Waals surface area contributed by atoms with Gasteiger partial charge in [0, 0.05) is 19.1 Å². The van der Waals surface area contributed by atoms with Crippen LogP contribution in [0.3, 0.4) is 0 Å². The monoisotopic (exact) mass is 159 g/mol. The molecule has 0 bridgehead atoms. The normalized spacial score (nSPS) is 11.2. The average molecular weight is 159 g/mol. The summed E-state index contributed by atoms with van der Waals surface area (Å²) in [6.45, 7) is 2.90. The molecule has 0 aromatic carbocycles. The maximum Gasteiger partial charge on any atom is 0.348 e. The SMILES string of the molecule is C=NS(=O)(=O)n1ccnc1. The lowest BCUT2D eigenvalue weighted by molar-refractivity contribution is 0.589. The van der Waals surface area contributed by atoms with Crippen molar-refractivity contribution in [1.82, 2.24) is 8.96 Å². The highest BCUT2D eigenvalue weighted by molar-refractivity contribution is 7.88. The van der Waals surface area contributed by atoms with Crippen molar-refractivity contribution in [3.63, 3.8) is 0 Å². The van der Waals surface area contributed by atoms with Crippen LogP contribution < -0.4 is 0 Å². The molecule has 0 N–H and O–H groups in total. The second-order valence-corrected chi connectivity index (χ2v) is 3.08. The first-order valence-corrected chi connectivity index (χ1v) is 3.78. The van der Waals surface area contributed by atoms with Crippen LogP contribution in [-0.4, -0.2) is 24.1 Å². The number of hydrogen-bond donors (Lipinski definition) is 0. The van der Waals surface area contributed by atoms with E-state index in [9.17, 15) is 8.42 Å². The van der Waals surface area contributed by atoms with Crippen LogP contribution in [-0.2, 0) is 10.2 Å². The molecule has 0 saturated carbocycles. The summed E-state index contributed by atoms with van der Waals surface area (Å²) in [6.07, 6.45) is 3.77. The van der Waals surface area contributed by atoms with Crippen molar-refractivity contribution < 1.29 is 8.42 Å². The van der Waals surface area contributed by atoms with Gasteiger partial charge in [0.25, 0.3) is 0 Å². The third-order valence-corrected chi connectivity index (χ3v) is 1.98. The van der Waals surface area contributed by atoms with Crippen molar-refractivity contribution in [2.45, 2.75) is 0 Å². The maximum absolute atomic E-state index is 10.8. The molecular formula is C4H5N3O2S. The van der Waals surface area contributed by atoms with Crippen LogP contribution in [0.1, 0.15) is 0 Å². The molecule has 1 rings (SSSR count). The van der Waals surface area contributed by atoms with Gasteiger partial charge in [-0.2, -0.15) is 12.8 Å². The third-order valence-electron chi connectivity index (χ3n) is 0.910. The second-order valence-electron chi connectivity index (χ2n) is 1.50. The highest BCUT2D eigenvalue weighted by atomic mass is 32.2. The van der Waals surface area contributed by atoms with Gasteiger partial charge in [-0.3, -0.25) is 0 Å². The van der Waals surface area contributed by atoms with E-state index in [4.69, 9.17) is 0 Å². The van der Waals surface area contributed by atoms with Gasteiger partial charge in [-0.1, -0.05) is 0 Å². The highest BCUT2D eigenvalue weighted by Gasteiger charge is 2.05. The van der Waals surface area contributed by atoms with E-state index >= 15 is 0 Å². The van der Waals surface area contributed by atoms with Crippen LogP contribution in [0.25, 0.3) is 0 Å². The van der Waals surface area contributed by atoms with E-state index in [1.165, 1.54) is 12.4 Å². The Morgan fingerprint density at radius 2 is 2.30 bits per heavy atom. The second kappa shape index (κ2) is 2.22. The molecule has 1 heterocycles. The Labute approximate surface area is 58.2 Å². The topological polar surface area (TPSA) is 64.3 Å². The van der Waals surface area contributed by atoms with Gasteiger partial charge in [0.15, 0.2) is 0 Å². The van der Waals surface area contributed by atoms with Gasteiger partial charge in [0.05, 0.1) is 0 Å². The van der Waals surface area contributed by atoms with E-state index in [2.05, 4.69) is 16.1 Å². The zero-order valence-corrected chi connectivity index (χ0v) is 5.82. The number of imidazole rings is 1. The zero-order valence-electron chi connectivity index (χ0n) is 5.01. The summed E-state index contributed by atoms with van der Waals surface area (Å²) in [5.74, 6) is 0. The lowest BCUT2D eigenvalue weighted by Gasteiger charge is -1.93.